The lowest BCUT2D eigenvalue weighted by Crippen LogP contribution is -2.29. The number of benzene rings is 2. The van der Waals surface area contributed by atoms with Gasteiger partial charge < -0.3 is 9.47 Å². The quantitative estimate of drug-likeness (QED) is 0.309. The van der Waals surface area contributed by atoms with Gasteiger partial charge in [0.1, 0.15) is 11.6 Å². The zero-order chi connectivity index (χ0) is 21.1. The summed E-state index contributed by atoms with van der Waals surface area (Å²) in [7, 11) is 1.33. The van der Waals surface area contributed by atoms with Crippen molar-refractivity contribution in [2.24, 2.45) is 0 Å². The van der Waals surface area contributed by atoms with Crippen molar-refractivity contribution in [1.82, 2.24) is 4.90 Å². The maximum Gasteiger partial charge on any atom is 0.338 e. The Labute approximate surface area is 165 Å². The fourth-order valence-electron chi connectivity index (χ4n) is 2.90. The molecule has 2 aromatic rings. The molecule has 8 heteroatoms. The molecular formula is C21H16FNO6. The third-order valence-corrected chi connectivity index (χ3v) is 4.31. The van der Waals surface area contributed by atoms with Crippen LogP contribution in [0.4, 0.5) is 4.39 Å². The number of amides is 2. The molecule has 0 saturated heterocycles. The molecule has 0 atom stereocenters. The molecule has 2 amide bonds. The molecule has 0 aromatic heterocycles. The van der Waals surface area contributed by atoms with E-state index in [2.05, 4.69) is 6.58 Å². The summed E-state index contributed by atoms with van der Waals surface area (Å²) in [5.41, 5.74) is 0.192. The van der Waals surface area contributed by atoms with Crippen LogP contribution in [0.3, 0.4) is 0 Å². The Balaban J connectivity index is 1.74. The number of hydrogen-bond acceptors (Lipinski definition) is 6. The SMILES string of the molecule is C=CCN1C(=O)c2ccc(C(=O)OCC(=O)c3cc(F)ccc3OC)cc2C1=O. The fourth-order valence-corrected chi connectivity index (χ4v) is 2.90. The first-order valence-corrected chi connectivity index (χ1v) is 8.52. The number of nitrogens with zero attached hydrogens (tertiary/aromatic N) is 1. The molecule has 2 aromatic carbocycles. The number of Topliss-reactive ketones (excluding diaryl/α,β-unsaturated/α-hetero) is 1. The highest BCUT2D eigenvalue weighted by molar-refractivity contribution is 6.22. The Kier molecular flexibility index (Phi) is 5.54. The van der Waals surface area contributed by atoms with Crippen LogP contribution in [0, 0.1) is 5.82 Å². The Bertz CT molecular complexity index is 1050. The number of halogens is 1. The van der Waals surface area contributed by atoms with Crippen LogP contribution in [0.1, 0.15) is 41.4 Å². The predicted molar refractivity (Wildman–Crippen MR) is 99.6 cm³/mol. The van der Waals surface area contributed by atoms with Crippen molar-refractivity contribution < 1.29 is 33.0 Å². The first kappa shape index (κ1) is 19.9. The standard InChI is InChI=1S/C21H16FNO6/c1-3-8-23-19(25)14-6-4-12(9-15(14)20(23)26)21(27)29-11-17(24)16-10-13(22)5-7-18(16)28-2/h3-7,9-10H,1,8,11H2,2H3. The molecule has 0 N–H and O–H groups in total. The monoisotopic (exact) mass is 397 g/mol. The zero-order valence-corrected chi connectivity index (χ0v) is 15.4. The number of methoxy groups -OCH3 is 1. The van der Waals surface area contributed by atoms with E-state index in [1.165, 1.54) is 37.5 Å². The molecule has 1 heterocycles. The van der Waals surface area contributed by atoms with E-state index in [9.17, 15) is 23.6 Å². The van der Waals surface area contributed by atoms with Crippen molar-refractivity contribution in [3.8, 4) is 5.75 Å². The van der Waals surface area contributed by atoms with E-state index in [0.717, 1.165) is 17.0 Å². The summed E-state index contributed by atoms with van der Waals surface area (Å²) in [6.45, 7) is 2.90. The van der Waals surface area contributed by atoms with Gasteiger partial charge in [0.25, 0.3) is 11.8 Å². The van der Waals surface area contributed by atoms with Crippen LogP contribution in [0.2, 0.25) is 0 Å². The lowest BCUT2D eigenvalue weighted by molar-refractivity contribution is 0.0473. The average Bonchev–Trinajstić information content (AvgIpc) is 2.96. The van der Waals surface area contributed by atoms with Crippen molar-refractivity contribution in [2.45, 2.75) is 0 Å². The van der Waals surface area contributed by atoms with E-state index in [0.29, 0.717) is 0 Å². The number of esters is 1. The second kappa shape index (κ2) is 8.05. The number of ketones is 1. The molecule has 7 nitrogen and oxygen atoms in total. The normalized spacial score (nSPS) is 12.6. The van der Waals surface area contributed by atoms with Crippen molar-refractivity contribution in [2.75, 3.05) is 20.3 Å². The highest BCUT2D eigenvalue weighted by Gasteiger charge is 2.35. The van der Waals surface area contributed by atoms with Crippen LogP contribution < -0.4 is 4.74 Å². The van der Waals surface area contributed by atoms with Crippen LogP contribution in [0.25, 0.3) is 0 Å². The number of carbonyl (C=O) groups excluding carboxylic acids is 4. The van der Waals surface area contributed by atoms with E-state index in [1.54, 1.807) is 0 Å². The van der Waals surface area contributed by atoms with Crippen LogP contribution in [0.5, 0.6) is 5.75 Å². The smallest absolute Gasteiger partial charge is 0.338 e. The van der Waals surface area contributed by atoms with E-state index >= 15 is 0 Å². The van der Waals surface area contributed by atoms with Crippen molar-refractivity contribution >= 4 is 23.6 Å². The van der Waals surface area contributed by atoms with Gasteiger partial charge in [-0.3, -0.25) is 19.3 Å². The van der Waals surface area contributed by atoms with Gasteiger partial charge in [0.15, 0.2) is 6.61 Å². The summed E-state index contributed by atoms with van der Waals surface area (Å²) in [6, 6.07) is 7.35. The maximum atomic E-state index is 13.4. The van der Waals surface area contributed by atoms with E-state index in [-0.39, 0.29) is 34.5 Å². The second-order valence-corrected chi connectivity index (χ2v) is 6.11. The molecule has 148 valence electrons. The molecule has 0 unspecified atom stereocenters. The van der Waals surface area contributed by atoms with Gasteiger partial charge >= 0.3 is 5.97 Å². The fraction of sp³-hybridized carbons (Fsp3) is 0.143. The Morgan fingerprint density at radius 2 is 1.83 bits per heavy atom. The molecule has 0 radical (unpaired) electrons. The number of carbonyl (C=O) groups is 4. The number of ether oxygens (including phenoxy) is 2. The van der Waals surface area contributed by atoms with E-state index in [4.69, 9.17) is 9.47 Å². The average molecular weight is 397 g/mol. The second-order valence-electron chi connectivity index (χ2n) is 6.11. The maximum absolute atomic E-state index is 13.4. The Morgan fingerprint density at radius 3 is 2.52 bits per heavy atom. The molecule has 3 rings (SSSR count). The Hall–Kier alpha value is -3.81. The highest BCUT2D eigenvalue weighted by atomic mass is 19.1. The van der Waals surface area contributed by atoms with Gasteiger partial charge in [-0.05, 0) is 36.4 Å². The van der Waals surface area contributed by atoms with Crippen molar-refractivity contribution in [1.29, 1.82) is 0 Å². The van der Waals surface area contributed by atoms with Crippen LogP contribution in [-0.4, -0.2) is 48.7 Å². The number of imide groups is 1. The van der Waals surface area contributed by atoms with Crippen molar-refractivity contribution in [3.05, 3.63) is 77.1 Å². The lowest BCUT2D eigenvalue weighted by Gasteiger charge is -2.09. The third-order valence-electron chi connectivity index (χ3n) is 4.31. The van der Waals surface area contributed by atoms with Crippen LogP contribution >= 0.6 is 0 Å². The number of rotatable bonds is 7. The van der Waals surface area contributed by atoms with Gasteiger partial charge in [-0.15, -0.1) is 6.58 Å². The van der Waals surface area contributed by atoms with Gasteiger partial charge in [0, 0.05) is 6.54 Å². The zero-order valence-electron chi connectivity index (χ0n) is 15.4. The minimum absolute atomic E-state index is 0.00404. The first-order valence-electron chi connectivity index (χ1n) is 8.52. The van der Waals surface area contributed by atoms with Gasteiger partial charge in [-0.2, -0.15) is 0 Å². The third kappa shape index (κ3) is 3.77. The minimum atomic E-state index is -0.862. The van der Waals surface area contributed by atoms with Crippen LogP contribution in [-0.2, 0) is 4.74 Å². The van der Waals surface area contributed by atoms with Gasteiger partial charge in [0.2, 0.25) is 5.78 Å². The summed E-state index contributed by atoms with van der Waals surface area (Å²) < 4.78 is 23.4. The minimum Gasteiger partial charge on any atom is -0.496 e. The van der Waals surface area contributed by atoms with Gasteiger partial charge in [0.05, 0.1) is 29.4 Å². The van der Waals surface area contributed by atoms with E-state index < -0.39 is 36.0 Å². The molecule has 0 spiro atoms. The molecule has 29 heavy (non-hydrogen) atoms. The number of fused-ring (bicyclic) bond motifs is 1. The summed E-state index contributed by atoms with van der Waals surface area (Å²) >= 11 is 0. The molecule has 0 saturated carbocycles. The van der Waals surface area contributed by atoms with Crippen molar-refractivity contribution in [3.63, 3.8) is 0 Å². The van der Waals surface area contributed by atoms with Crippen LogP contribution in [0.15, 0.2) is 49.1 Å². The molecule has 0 aliphatic carbocycles. The summed E-state index contributed by atoms with van der Waals surface area (Å²) in [5.74, 6) is -3.01. The Morgan fingerprint density at radius 1 is 1.10 bits per heavy atom. The number of hydrogen-bond donors (Lipinski definition) is 0. The largest absolute Gasteiger partial charge is 0.496 e. The molecule has 1 aliphatic heterocycles. The summed E-state index contributed by atoms with van der Waals surface area (Å²) in [4.78, 5) is 50.1. The van der Waals surface area contributed by atoms with Gasteiger partial charge in [-0.25, -0.2) is 9.18 Å². The van der Waals surface area contributed by atoms with Gasteiger partial charge in [-0.1, -0.05) is 6.08 Å². The summed E-state index contributed by atoms with van der Waals surface area (Å²) in [6.07, 6.45) is 1.42. The molecule has 0 fully saturated rings. The van der Waals surface area contributed by atoms with E-state index in [1.807, 2.05) is 0 Å². The predicted octanol–water partition coefficient (Wildman–Crippen LogP) is 2.66. The molecule has 0 bridgehead atoms. The molecular weight excluding hydrogens is 381 g/mol. The lowest BCUT2D eigenvalue weighted by atomic mass is 10.1. The topological polar surface area (TPSA) is 90.0 Å². The first-order chi connectivity index (χ1) is 13.9. The molecule has 1 aliphatic rings. The summed E-state index contributed by atoms with van der Waals surface area (Å²) in [5, 5.41) is 0. The highest BCUT2D eigenvalue weighted by Crippen LogP contribution is 2.24.